The summed E-state index contributed by atoms with van der Waals surface area (Å²) in [6.07, 6.45) is 4.47. The van der Waals surface area contributed by atoms with Crippen molar-refractivity contribution in [2.24, 2.45) is 0 Å². The second-order valence-corrected chi connectivity index (χ2v) is 4.26. The second-order valence-electron chi connectivity index (χ2n) is 4.26. The fraction of sp³-hybridized carbons (Fsp3) is 0.615. The van der Waals surface area contributed by atoms with Crippen LogP contribution in [0.15, 0.2) is 24.4 Å². The lowest BCUT2D eigenvalue weighted by Crippen LogP contribution is -2.20. The van der Waals surface area contributed by atoms with Crippen LogP contribution < -0.4 is 0 Å². The minimum Gasteiger partial charge on any atom is -0.393 e. The number of rotatable bonds is 7. The molecule has 0 aromatic carbocycles. The van der Waals surface area contributed by atoms with Gasteiger partial charge in [-0.15, -0.1) is 0 Å². The van der Waals surface area contributed by atoms with Crippen molar-refractivity contribution < 1.29 is 5.11 Å². The molecule has 0 saturated heterocycles. The van der Waals surface area contributed by atoms with E-state index in [1.54, 1.807) is 0 Å². The molecule has 1 rings (SSSR count). The van der Waals surface area contributed by atoms with Crippen molar-refractivity contribution >= 4 is 0 Å². The first-order valence-electron chi connectivity index (χ1n) is 5.99. The topological polar surface area (TPSA) is 36.4 Å². The molecule has 0 bridgehead atoms. The highest BCUT2D eigenvalue weighted by Crippen LogP contribution is 2.04. The molecule has 0 fully saturated rings. The molecule has 3 heteroatoms. The van der Waals surface area contributed by atoms with E-state index in [4.69, 9.17) is 0 Å². The van der Waals surface area contributed by atoms with E-state index in [0.717, 1.165) is 38.0 Å². The third kappa shape index (κ3) is 5.24. The summed E-state index contributed by atoms with van der Waals surface area (Å²) in [6.45, 7) is 3.90. The average molecular weight is 222 g/mol. The Morgan fingerprint density at radius 2 is 2.25 bits per heavy atom. The molecule has 1 aromatic rings. The van der Waals surface area contributed by atoms with Gasteiger partial charge in [-0.3, -0.25) is 4.98 Å². The van der Waals surface area contributed by atoms with Gasteiger partial charge in [0.25, 0.3) is 0 Å². The number of hydrogen-bond acceptors (Lipinski definition) is 3. The molecule has 1 aromatic heterocycles. The van der Waals surface area contributed by atoms with Crippen LogP contribution in [0.3, 0.4) is 0 Å². The average Bonchev–Trinajstić information content (AvgIpc) is 2.30. The van der Waals surface area contributed by atoms with Crippen LogP contribution in [-0.4, -0.2) is 34.7 Å². The van der Waals surface area contributed by atoms with E-state index >= 15 is 0 Å². The Labute approximate surface area is 98.1 Å². The first-order chi connectivity index (χ1) is 7.72. The molecular weight excluding hydrogens is 200 g/mol. The van der Waals surface area contributed by atoms with Crippen LogP contribution in [0, 0.1) is 0 Å². The Bertz CT molecular complexity index is 277. The number of pyridine rings is 1. The van der Waals surface area contributed by atoms with E-state index in [1.165, 1.54) is 0 Å². The van der Waals surface area contributed by atoms with Crippen molar-refractivity contribution in [2.45, 2.75) is 38.8 Å². The molecular formula is C13H22N2O. The van der Waals surface area contributed by atoms with Gasteiger partial charge in [0.15, 0.2) is 0 Å². The van der Waals surface area contributed by atoms with Gasteiger partial charge in [-0.2, -0.15) is 0 Å². The quantitative estimate of drug-likeness (QED) is 0.767. The van der Waals surface area contributed by atoms with Gasteiger partial charge in [0, 0.05) is 12.7 Å². The van der Waals surface area contributed by atoms with E-state index in [1.807, 2.05) is 31.3 Å². The van der Waals surface area contributed by atoms with Gasteiger partial charge < -0.3 is 10.0 Å². The lowest BCUT2D eigenvalue weighted by molar-refractivity contribution is 0.151. The van der Waals surface area contributed by atoms with Crippen LogP contribution in [0.25, 0.3) is 0 Å². The molecule has 0 spiro atoms. The highest BCUT2D eigenvalue weighted by atomic mass is 16.3. The van der Waals surface area contributed by atoms with Crippen LogP contribution in [0.1, 0.15) is 31.9 Å². The van der Waals surface area contributed by atoms with E-state index in [-0.39, 0.29) is 6.10 Å². The van der Waals surface area contributed by atoms with Crippen LogP contribution in [0.4, 0.5) is 0 Å². The molecule has 1 unspecified atom stereocenters. The van der Waals surface area contributed by atoms with Gasteiger partial charge in [-0.25, -0.2) is 0 Å². The van der Waals surface area contributed by atoms with E-state index < -0.39 is 0 Å². The monoisotopic (exact) mass is 222 g/mol. The SMILES string of the molecule is CCC(O)CCCN(C)Cc1ccccn1. The van der Waals surface area contributed by atoms with Gasteiger partial charge in [0.1, 0.15) is 0 Å². The van der Waals surface area contributed by atoms with Crippen LogP contribution in [0.5, 0.6) is 0 Å². The smallest absolute Gasteiger partial charge is 0.0543 e. The lowest BCUT2D eigenvalue weighted by Gasteiger charge is -2.16. The minimum absolute atomic E-state index is 0.136. The number of nitrogens with zero attached hydrogens (tertiary/aromatic N) is 2. The predicted molar refractivity (Wildman–Crippen MR) is 66.1 cm³/mol. The molecule has 0 aliphatic heterocycles. The fourth-order valence-corrected chi connectivity index (χ4v) is 1.65. The molecule has 90 valence electrons. The molecule has 0 amide bonds. The number of aliphatic hydroxyl groups excluding tert-OH is 1. The predicted octanol–water partition coefficient (Wildman–Crippen LogP) is 2.06. The van der Waals surface area contributed by atoms with Crippen molar-refractivity contribution in [3.05, 3.63) is 30.1 Å². The molecule has 0 aliphatic carbocycles. The Balaban J connectivity index is 2.19. The van der Waals surface area contributed by atoms with Crippen molar-refractivity contribution in [3.63, 3.8) is 0 Å². The molecule has 1 heterocycles. The second kappa shape index (κ2) is 7.36. The zero-order valence-corrected chi connectivity index (χ0v) is 10.3. The molecule has 16 heavy (non-hydrogen) atoms. The maximum absolute atomic E-state index is 9.43. The van der Waals surface area contributed by atoms with E-state index in [9.17, 15) is 5.11 Å². The molecule has 0 aliphatic rings. The number of aliphatic hydroxyl groups is 1. The maximum atomic E-state index is 9.43. The maximum Gasteiger partial charge on any atom is 0.0543 e. The van der Waals surface area contributed by atoms with Crippen LogP contribution in [0.2, 0.25) is 0 Å². The van der Waals surface area contributed by atoms with Gasteiger partial charge in [-0.1, -0.05) is 13.0 Å². The van der Waals surface area contributed by atoms with Crippen LogP contribution in [-0.2, 0) is 6.54 Å². The van der Waals surface area contributed by atoms with Crippen molar-refractivity contribution in [1.29, 1.82) is 0 Å². The van der Waals surface area contributed by atoms with Gasteiger partial charge >= 0.3 is 0 Å². The molecule has 1 atom stereocenters. The van der Waals surface area contributed by atoms with Crippen LogP contribution >= 0.6 is 0 Å². The largest absolute Gasteiger partial charge is 0.393 e. The molecule has 1 N–H and O–H groups in total. The Kier molecular flexibility index (Phi) is 6.04. The molecule has 0 saturated carbocycles. The Morgan fingerprint density at radius 1 is 1.44 bits per heavy atom. The van der Waals surface area contributed by atoms with E-state index in [0.29, 0.717) is 0 Å². The minimum atomic E-state index is -0.136. The van der Waals surface area contributed by atoms with Gasteiger partial charge in [0.2, 0.25) is 0 Å². The standard InChI is InChI=1S/C13H22N2O/c1-3-13(16)8-6-10-15(2)11-12-7-4-5-9-14-12/h4-5,7,9,13,16H,3,6,8,10-11H2,1-2H3. The molecule has 3 nitrogen and oxygen atoms in total. The highest BCUT2D eigenvalue weighted by molar-refractivity contribution is 5.02. The van der Waals surface area contributed by atoms with Crippen molar-refractivity contribution in [1.82, 2.24) is 9.88 Å². The first kappa shape index (κ1) is 13.1. The number of hydrogen-bond donors (Lipinski definition) is 1. The fourth-order valence-electron chi connectivity index (χ4n) is 1.65. The summed E-state index contributed by atoms with van der Waals surface area (Å²) in [5, 5.41) is 9.43. The zero-order chi connectivity index (χ0) is 11.8. The van der Waals surface area contributed by atoms with Gasteiger partial charge in [-0.05, 0) is 45.0 Å². The summed E-state index contributed by atoms with van der Waals surface area (Å²) in [5.41, 5.74) is 1.10. The molecule has 0 radical (unpaired) electrons. The highest BCUT2D eigenvalue weighted by Gasteiger charge is 2.03. The zero-order valence-electron chi connectivity index (χ0n) is 10.3. The Hall–Kier alpha value is -0.930. The number of aromatic nitrogens is 1. The summed E-state index contributed by atoms with van der Waals surface area (Å²) < 4.78 is 0. The summed E-state index contributed by atoms with van der Waals surface area (Å²) >= 11 is 0. The third-order valence-corrected chi connectivity index (χ3v) is 2.71. The summed E-state index contributed by atoms with van der Waals surface area (Å²) in [4.78, 5) is 6.53. The van der Waals surface area contributed by atoms with Gasteiger partial charge in [0.05, 0.1) is 11.8 Å². The third-order valence-electron chi connectivity index (χ3n) is 2.71. The Morgan fingerprint density at radius 3 is 2.88 bits per heavy atom. The van der Waals surface area contributed by atoms with E-state index in [2.05, 4.69) is 16.9 Å². The normalized spacial score (nSPS) is 13.0. The summed E-state index contributed by atoms with van der Waals surface area (Å²) in [7, 11) is 2.09. The lowest BCUT2D eigenvalue weighted by atomic mass is 10.1. The van der Waals surface area contributed by atoms with Crippen molar-refractivity contribution in [2.75, 3.05) is 13.6 Å². The first-order valence-corrected chi connectivity index (χ1v) is 5.99. The summed E-state index contributed by atoms with van der Waals surface area (Å²) in [6, 6.07) is 5.98. The summed E-state index contributed by atoms with van der Waals surface area (Å²) in [5.74, 6) is 0. The van der Waals surface area contributed by atoms with Crippen molar-refractivity contribution in [3.8, 4) is 0 Å².